The summed E-state index contributed by atoms with van der Waals surface area (Å²) in [5, 5.41) is 0.303. The van der Waals surface area contributed by atoms with E-state index >= 15 is 0 Å². The van der Waals surface area contributed by atoms with Crippen molar-refractivity contribution in [2.45, 2.75) is 4.90 Å². The third-order valence-electron chi connectivity index (χ3n) is 2.32. The maximum Gasteiger partial charge on any atom is 0.265 e. The van der Waals surface area contributed by atoms with Crippen LogP contribution in [0.5, 0.6) is 0 Å². The van der Waals surface area contributed by atoms with Crippen LogP contribution < -0.4 is 16.0 Å². The third-order valence-corrected chi connectivity index (χ3v) is 4.04. The van der Waals surface area contributed by atoms with Crippen LogP contribution in [-0.4, -0.2) is 13.4 Å². The molecule has 0 atom stereocenters. The first-order chi connectivity index (χ1) is 9.04. The fourth-order valence-electron chi connectivity index (χ4n) is 1.46. The number of nitrogen functional groups attached to an aromatic ring is 1. The SMILES string of the molecule is NNc1ncccc1S(=O)(=O)Nc1ccccc1Cl. The number of aromatic nitrogens is 1. The molecule has 0 aliphatic heterocycles. The summed E-state index contributed by atoms with van der Waals surface area (Å²) in [4.78, 5) is 3.78. The number of halogens is 1. The average Bonchev–Trinajstić information content (AvgIpc) is 2.41. The number of nitrogens with two attached hydrogens (primary N) is 1. The third kappa shape index (κ3) is 2.95. The van der Waals surface area contributed by atoms with E-state index in [-0.39, 0.29) is 16.4 Å². The van der Waals surface area contributed by atoms with Gasteiger partial charge in [-0.25, -0.2) is 19.2 Å². The van der Waals surface area contributed by atoms with Gasteiger partial charge in [-0.3, -0.25) is 4.72 Å². The van der Waals surface area contributed by atoms with Crippen LogP contribution in [0.3, 0.4) is 0 Å². The topological polar surface area (TPSA) is 97.1 Å². The van der Waals surface area contributed by atoms with E-state index in [0.717, 1.165) is 0 Å². The Morgan fingerprint density at radius 2 is 1.89 bits per heavy atom. The van der Waals surface area contributed by atoms with Gasteiger partial charge in [0.2, 0.25) is 0 Å². The van der Waals surface area contributed by atoms with Gasteiger partial charge < -0.3 is 5.43 Å². The Kier molecular flexibility index (Phi) is 3.89. The lowest BCUT2D eigenvalue weighted by molar-refractivity contribution is 0.601. The van der Waals surface area contributed by atoms with E-state index < -0.39 is 10.0 Å². The summed E-state index contributed by atoms with van der Waals surface area (Å²) in [6.45, 7) is 0. The van der Waals surface area contributed by atoms with E-state index in [1.807, 2.05) is 0 Å². The first-order valence-corrected chi connectivity index (χ1v) is 7.09. The van der Waals surface area contributed by atoms with Gasteiger partial charge in [-0.1, -0.05) is 23.7 Å². The first-order valence-electron chi connectivity index (χ1n) is 5.23. The zero-order chi connectivity index (χ0) is 13.9. The van der Waals surface area contributed by atoms with E-state index in [0.29, 0.717) is 5.02 Å². The summed E-state index contributed by atoms with van der Waals surface area (Å²) in [6, 6.07) is 9.42. The number of sulfonamides is 1. The summed E-state index contributed by atoms with van der Waals surface area (Å²) in [6.07, 6.45) is 1.43. The Hall–Kier alpha value is -1.83. The Labute approximate surface area is 115 Å². The van der Waals surface area contributed by atoms with Crippen molar-refractivity contribution in [1.29, 1.82) is 0 Å². The van der Waals surface area contributed by atoms with Crippen molar-refractivity contribution in [2.75, 3.05) is 10.1 Å². The fourth-order valence-corrected chi connectivity index (χ4v) is 2.90. The summed E-state index contributed by atoms with van der Waals surface area (Å²) in [5.74, 6) is 5.30. The molecule has 0 saturated carbocycles. The number of anilines is 2. The van der Waals surface area contributed by atoms with Gasteiger partial charge in [-0.15, -0.1) is 0 Å². The molecule has 1 heterocycles. The zero-order valence-electron chi connectivity index (χ0n) is 9.67. The summed E-state index contributed by atoms with van der Waals surface area (Å²) in [5.41, 5.74) is 2.53. The van der Waals surface area contributed by atoms with Crippen LogP contribution in [0.1, 0.15) is 0 Å². The maximum atomic E-state index is 12.2. The second kappa shape index (κ2) is 5.43. The molecule has 0 bridgehead atoms. The largest absolute Gasteiger partial charge is 0.307 e. The van der Waals surface area contributed by atoms with Crippen molar-refractivity contribution >= 4 is 33.1 Å². The van der Waals surface area contributed by atoms with Gasteiger partial charge in [0.25, 0.3) is 10.0 Å². The number of benzene rings is 1. The Morgan fingerprint density at radius 3 is 2.58 bits per heavy atom. The maximum absolute atomic E-state index is 12.2. The number of nitrogens with one attached hydrogen (secondary N) is 2. The number of nitrogens with zero attached hydrogens (tertiary/aromatic N) is 1. The van der Waals surface area contributed by atoms with Crippen molar-refractivity contribution in [3.05, 3.63) is 47.6 Å². The van der Waals surface area contributed by atoms with E-state index in [2.05, 4.69) is 15.1 Å². The van der Waals surface area contributed by atoms with Crippen LogP contribution in [0, 0.1) is 0 Å². The molecule has 2 aromatic rings. The molecule has 100 valence electrons. The highest BCUT2D eigenvalue weighted by molar-refractivity contribution is 7.92. The lowest BCUT2D eigenvalue weighted by atomic mass is 10.3. The molecule has 0 fully saturated rings. The standard InChI is InChI=1S/C11H11ClN4O2S/c12-8-4-1-2-5-9(8)16-19(17,18)10-6-3-7-14-11(10)15-13/h1-7,16H,13H2,(H,14,15). The molecule has 4 N–H and O–H groups in total. The van der Waals surface area contributed by atoms with Crippen LogP contribution >= 0.6 is 11.6 Å². The van der Waals surface area contributed by atoms with Gasteiger partial charge in [0, 0.05) is 6.20 Å². The van der Waals surface area contributed by atoms with E-state index in [1.165, 1.54) is 18.3 Å². The van der Waals surface area contributed by atoms with Crippen molar-refractivity contribution < 1.29 is 8.42 Å². The van der Waals surface area contributed by atoms with E-state index in [4.69, 9.17) is 17.4 Å². The molecule has 19 heavy (non-hydrogen) atoms. The van der Waals surface area contributed by atoms with Crippen LogP contribution in [0.4, 0.5) is 11.5 Å². The molecule has 1 aromatic heterocycles. The lowest BCUT2D eigenvalue weighted by Gasteiger charge is -2.11. The van der Waals surface area contributed by atoms with Crippen LogP contribution in [0.2, 0.25) is 5.02 Å². The van der Waals surface area contributed by atoms with Gasteiger partial charge in [0.15, 0.2) is 5.82 Å². The Balaban J connectivity index is 2.41. The quantitative estimate of drug-likeness (QED) is 0.591. The molecule has 2 rings (SSSR count). The summed E-state index contributed by atoms with van der Waals surface area (Å²) in [7, 11) is -3.82. The monoisotopic (exact) mass is 298 g/mol. The van der Waals surface area contributed by atoms with Gasteiger partial charge in [0.1, 0.15) is 4.90 Å². The van der Waals surface area contributed by atoms with E-state index in [1.54, 1.807) is 24.3 Å². The molecule has 0 aliphatic rings. The van der Waals surface area contributed by atoms with Crippen molar-refractivity contribution in [1.82, 2.24) is 4.98 Å². The number of hydrogen-bond acceptors (Lipinski definition) is 5. The predicted molar refractivity (Wildman–Crippen MR) is 74.3 cm³/mol. The fraction of sp³-hybridized carbons (Fsp3) is 0. The molecule has 0 spiro atoms. The number of rotatable bonds is 4. The highest BCUT2D eigenvalue weighted by atomic mass is 35.5. The molecular weight excluding hydrogens is 288 g/mol. The first kappa shape index (κ1) is 13.6. The molecule has 8 heteroatoms. The Morgan fingerprint density at radius 1 is 1.16 bits per heavy atom. The highest BCUT2D eigenvalue weighted by Gasteiger charge is 2.19. The van der Waals surface area contributed by atoms with Crippen molar-refractivity contribution in [2.24, 2.45) is 5.84 Å². The van der Waals surface area contributed by atoms with Gasteiger partial charge >= 0.3 is 0 Å². The average molecular weight is 299 g/mol. The van der Waals surface area contributed by atoms with Crippen LogP contribution in [0.25, 0.3) is 0 Å². The minimum atomic E-state index is -3.82. The van der Waals surface area contributed by atoms with Crippen LogP contribution in [0.15, 0.2) is 47.5 Å². The number of pyridine rings is 1. The molecule has 0 amide bonds. The van der Waals surface area contributed by atoms with Crippen molar-refractivity contribution in [3.63, 3.8) is 0 Å². The predicted octanol–water partition coefficient (Wildman–Crippen LogP) is 1.82. The smallest absolute Gasteiger partial charge is 0.265 e. The molecule has 1 aromatic carbocycles. The zero-order valence-corrected chi connectivity index (χ0v) is 11.2. The van der Waals surface area contributed by atoms with Crippen molar-refractivity contribution in [3.8, 4) is 0 Å². The normalized spacial score (nSPS) is 11.1. The van der Waals surface area contributed by atoms with Gasteiger partial charge in [-0.2, -0.15) is 0 Å². The molecule has 0 aliphatic carbocycles. The van der Waals surface area contributed by atoms with Gasteiger partial charge in [0.05, 0.1) is 10.7 Å². The molecule has 6 nitrogen and oxygen atoms in total. The second-order valence-corrected chi connectivity index (χ2v) is 5.64. The number of hydrogen-bond donors (Lipinski definition) is 3. The molecule has 0 unspecified atom stereocenters. The summed E-state index contributed by atoms with van der Waals surface area (Å²) < 4.78 is 26.8. The van der Waals surface area contributed by atoms with Crippen LogP contribution in [-0.2, 0) is 10.0 Å². The lowest BCUT2D eigenvalue weighted by Crippen LogP contribution is -2.18. The second-order valence-electron chi connectivity index (χ2n) is 3.58. The molecule has 0 radical (unpaired) electrons. The van der Waals surface area contributed by atoms with Gasteiger partial charge in [-0.05, 0) is 24.3 Å². The molecule has 0 saturated heterocycles. The Bertz CT molecular complexity index is 691. The minimum Gasteiger partial charge on any atom is -0.307 e. The molecular formula is C11H11ClN4O2S. The van der Waals surface area contributed by atoms with E-state index in [9.17, 15) is 8.42 Å². The highest BCUT2D eigenvalue weighted by Crippen LogP contribution is 2.25. The minimum absolute atomic E-state index is 0.0575. The summed E-state index contributed by atoms with van der Waals surface area (Å²) >= 11 is 5.91. The number of hydrazine groups is 1. The number of para-hydroxylation sites is 1.